The molecule has 0 heterocycles. The standard InChI is InChI=1S/C30H34Cl2FN3O4S/c1-6-27(29(38)34-30(3,4)5)35(18-24-25(31)8-7-9-26(24)32)28(37)19-36(22-14-12-21(33)13-15-22)41(39,40)23-16-10-20(2)11-17-23/h7-17,27H,6,18-19H2,1-5H3,(H,34,38). The third-order valence-corrected chi connectivity index (χ3v) is 8.77. The zero-order valence-corrected chi connectivity index (χ0v) is 25.9. The van der Waals surface area contributed by atoms with Crippen molar-refractivity contribution in [3.05, 3.63) is 93.7 Å². The Morgan fingerprint density at radius 2 is 1.51 bits per heavy atom. The highest BCUT2D eigenvalue weighted by atomic mass is 35.5. The van der Waals surface area contributed by atoms with Crippen LogP contribution in [0.5, 0.6) is 0 Å². The maximum absolute atomic E-state index is 14.1. The number of hydrogen-bond donors (Lipinski definition) is 1. The van der Waals surface area contributed by atoms with E-state index in [0.29, 0.717) is 15.6 Å². The van der Waals surface area contributed by atoms with Gasteiger partial charge in [-0.1, -0.05) is 53.9 Å². The number of anilines is 1. The molecule has 41 heavy (non-hydrogen) atoms. The predicted molar refractivity (Wildman–Crippen MR) is 161 cm³/mol. The lowest BCUT2D eigenvalue weighted by atomic mass is 10.1. The van der Waals surface area contributed by atoms with Crippen molar-refractivity contribution in [2.45, 2.75) is 64.1 Å². The minimum atomic E-state index is -4.27. The Bertz CT molecular complexity index is 1470. The normalized spacial score (nSPS) is 12.5. The summed E-state index contributed by atoms with van der Waals surface area (Å²) in [4.78, 5) is 28.7. The molecule has 220 valence electrons. The number of amides is 2. The van der Waals surface area contributed by atoms with Gasteiger partial charge in [-0.15, -0.1) is 0 Å². The summed E-state index contributed by atoms with van der Waals surface area (Å²) in [6.45, 7) is 8.22. The van der Waals surface area contributed by atoms with Crippen LogP contribution >= 0.6 is 23.2 Å². The van der Waals surface area contributed by atoms with Gasteiger partial charge < -0.3 is 10.2 Å². The summed E-state index contributed by atoms with van der Waals surface area (Å²) in [5.74, 6) is -1.64. The van der Waals surface area contributed by atoms with Gasteiger partial charge in [-0.25, -0.2) is 12.8 Å². The van der Waals surface area contributed by atoms with Crippen LogP contribution in [0.2, 0.25) is 10.0 Å². The summed E-state index contributed by atoms with van der Waals surface area (Å²) in [6, 6.07) is 14.9. The molecule has 3 aromatic carbocycles. The van der Waals surface area contributed by atoms with Crippen LogP contribution in [0.15, 0.2) is 71.6 Å². The maximum Gasteiger partial charge on any atom is 0.264 e. The van der Waals surface area contributed by atoms with Gasteiger partial charge in [0.2, 0.25) is 11.8 Å². The summed E-state index contributed by atoms with van der Waals surface area (Å²) >= 11 is 12.9. The van der Waals surface area contributed by atoms with E-state index in [9.17, 15) is 22.4 Å². The second-order valence-electron chi connectivity index (χ2n) is 10.7. The van der Waals surface area contributed by atoms with E-state index in [2.05, 4.69) is 5.32 Å². The SMILES string of the molecule is CCC(C(=O)NC(C)(C)C)N(Cc1c(Cl)cccc1Cl)C(=O)CN(c1ccc(F)cc1)S(=O)(=O)c1ccc(C)cc1. The van der Waals surface area contributed by atoms with Crippen molar-refractivity contribution in [2.24, 2.45) is 0 Å². The summed E-state index contributed by atoms with van der Waals surface area (Å²) < 4.78 is 42.4. The van der Waals surface area contributed by atoms with E-state index in [4.69, 9.17) is 23.2 Å². The molecule has 0 bridgehead atoms. The minimum absolute atomic E-state index is 0.0431. The van der Waals surface area contributed by atoms with Gasteiger partial charge in [-0.2, -0.15) is 0 Å². The number of carbonyl (C=O) groups is 2. The van der Waals surface area contributed by atoms with Gasteiger partial charge in [0.15, 0.2) is 0 Å². The van der Waals surface area contributed by atoms with Crippen LogP contribution in [0, 0.1) is 12.7 Å². The van der Waals surface area contributed by atoms with E-state index in [-0.39, 0.29) is 23.5 Å². The van der Waals surface area contributed by atoms with Crippen molar-refractivity contribution < 1.29 is 22.4 Å². The van der Waals surface area contributed by atoms with Crippen LogP contribution in [0.3, 0.4) is 0 Å². The van der Waals surface area contributed by atoms with E-state index in [0.717, 1.165) is 22.0 Å². The lowest BCUT2D eigenvalue weighted by Crippen LogP contribution is -2.55. The highest BCUT2D eigenvalue weighted by Gasteiger charge is 2.35. The molecule has 1 N–H and O–H groups in total. The highest BCUT2D eigenvalue weighted by molar-refractivity contribution is 7.92. The van der Waals surface area contributed by atoms with Crippen LogP contribution in [0.25, 0.3) is 0 Å². The van der Waals surface area contributed by atoms with Gasteiger partial charge in [0.25, 0.3) is 10.0 Å². The molecule has 0 aliphatic carbocycles. The quantitative estimate of drug-likeness (QED) is 0.285. The molecule has 0 aliphatic heterocycles. The minimum Gasteiger partial charge on any atom is -0.350 e. The fourth-order valence-electron chi connectivity index (χ4n) is 4.20. The Morgan fingerprint density at radius 1 is 0.951 bits per heavy atom. The molecule has 7 nitrogen and oxygen atoms in total. The van der Waals surface area contributed by atoms with Crippen molar-refractivity contribution >= 4 is 50.7 Å². The first-order chi connectivity index (χ1) is 19.1. The van der Waals surface area contributed by atoms with Gasteiger partial charge in [0.05, 0.1) is 10.6 Å². The molecule has 0 spiro atoms. The largest absolute Gasteiger partial charge is 0.350 e. The predicted octanol–water partition coefficient (Wildman–Crippen LogP) is 6.36. The van der Waals surface area contributed by atoms with E-state index in [1.807, 2.05) is 27.7 Å². The molecule has 1 unspecified atom stereocenters. The molecule has 0 aromatic heterocycles. The van der Waals surface area contributed by atoms with Crippen molar-refractivity contribution in [1.29, 1.82) is 0 Å². The van der Waals surface area contributed by atoms with Crippen molar-refractivity contribution in [3.8, 4) is 0 Å². The monoisotopic (exact) mass is 621 g/mol. The second kappa shape index (κ2) is 13.2. The van der Waals surface area contributed by atoms with Gasteiger partial charge in [0, 0.05) is 27.7 Å². The first-order valence-corrected chi connectivity index (χ1v) is 15.2. The maximum atomic E-state index is 14.1. The highest BCUT2D eigenvalue weighted by Crippen LogP contribution is 2.29. The Balaban J connectivity index is 2.11. The molecule has 1 atom stereocenters. The lowest BCUT2D eigenvalue weighted by molar-refractivity contribution is -0.141. The first-order valence-electron chi connectivity index (χ1n) is 13.0. The van der Waals surface area contributed by atoms with Crippen LogP contribution in [-0.2, 0) is 26.2 Å². The third-order valence-electron chi connectivity index (χ3n) is 6.28. The zero-order chi connectivity index (χ0) is 30.5. The summed E-state index contributed by atoms with van der Waals surface area (Å²) in [5.41, 5.74) is 0.770. The average molecular weight is 623 g/mol. The van der Waals surface area contributed by atoms with Gasteiger partial charge in [-0.3, -0.25) is 13.9 Å². The number of benzene rings is 3. The molecule has 11 heteroatoms. The fourth-order valence-corrected chi connectivity index (χ4v) is 6.13. The Kier molecular flexibility index (Phi) is 10.4. The Hall–Kier alpha value is -3.14. The lowest BCUT2D eigenvalue weighted by Gasteiger charge is -2.35. The van der Waals surface area contributed by atoms with Crippen molar-refractivity contribution in [3.63, 3.8) is 0 Å². The molecule has 0 aliphatic rings. The number of carbonyl (C=O) groups excluding carboxylic acids is 2. The molecule has 3 aromatic rings. The van der Waals surface area contributed by atoms with Crippen molar-refractivity contribution in [2.75, 3.05) is 10.8 Å². The zero-order valence-electron chi connectivity index (χ0n) is 23.6. The molecule has 0 fully saturated rings. The second-order valence-corrected chi connectivity index (χ2v) is 13.4. The summed E-state index contributed by atoms with van der Waals surface area (Å²) in [5, 5.41) is 3.49. The van der Waals surface area contributed by atoms with E-state index >= 15 is 0 Å². The topological polar surface area (TPSA) is 86.8 Å². The van der Waals surface area contributed by atoms with Gasteiger partial charge in [0.1, 0.15) is 18.4 Å². The number of hydrogen-bond acceptors (Lipinski definition) is 4. The summed E-state index contributed by atoms with van der Waals surface area (Å²) in [7, 11) is -4.27. The smallest absolute Gasteiger partial charge is 0.264 e. The van der Waals surface area contributed by atoms with E-state index < -0.39 is 45.8 Å². The number of nitrogens with one attached hydrogen (secondary N) is 1. The molecule has 0 radical (unpaired) electrons. The number of sulfonamides is 1. The number of nitrogens with zero attached hydrogens (tertiary/aromatic N) is 2. The van der Waals surface area contributed by atoms with Crippen LogP contribution in [-0.4, -0.2) is 43.3 Å². The molecule has 0 saturated heterocycles. The molecule has 0 saturated carbocycles. The fraction of sp³-hybridized carbons (Fsp3) is 0.333. The van der Waals surface area contributed by atoms with E-state index in [1.54, 1.807) is 37.3 Å². The van der Waals surface area contributed by atoms with Gasteiger partial charge >= 0.3 is 0 Å². The number of aryl methyl sites for hydroxylation is 1. The Morgan fingerprint density at radius 3 is 2.02 bits per heavy atom. The molecular weight excluding hydrogens is 588 g/mol. The molecule has 2 amide bonds. The van der Waals surface area contributed by atoms with Gasteiger partial charge in [-0.05, 0) is 82.6 Å². The summed E-state index contributed by atoms with van der Waals surface area (Å²) in [6.07, 6.45) is 0.233. The number of halogens is 3. The van der Waals surface area contributed by atoms with E-state index in [1.165, 1.54) is 29.2 Å². The Labute approximate surface area is 251 Å². The third kappa shape index (κ3) is 8.21. The number of rotatable bonds is 10. The molecular formula is C30H34Cl2FN3O4S. The van der Waals surface area contributed by atoms with Crippen LogP contribution in [0.1, 0.15) is 45.2 Å². The van der Waals surface area contributed by atoms with Crippen molar-refractivity contribution in [1.82, 2.24) is 10.2 Å². The first kappa shape index (κ1) is 32.4. The van der Waals surface area contributed by atoms with Crippen LogP contribution < -0.4 is 9.62 Å². The van der Waals surface area contributed by atoms with Crippen LogP contribution in [0.4, 0.5) is 10.1 Å². The average Bonchev–Trinajstić information content (AvgIpc) is 2.88. The molecule has 3 rings (SSSR count).